The van der Waals surface area contributed by atoms with Crippen LogP contribution in [0.1, 0.15) is 31.2 Å². The highest BCUT2D eigenvalue weighted by Crippen LogP contribution is 2.46. The lowest BCUT2D eigenvalue weighted by atomic mass is 9.98. The number of fused-ring (bicyclic) bond motifs is 2. The standard InChI is InChI=1S/C15H20ClNO/c1-17-9-11-3-5-14(13(16)7-11)18-15-8-10-2-4-12(15)6-10/h3,5,7,10,12,15,17H,2,4,6,8-9H2,1H3. The van der Waals surface area contributed by atoms with E-state index in [1.807, 2.05) is 19.2 Å². The zero-order chi connectivity index (χ0) is 12.5. The summed E-state index contributed by atoms with van der Waals surface area (Å²) < 4.78 is 6.12. The smallest absolute Gasteiger partial charge is 0.138 e. The first-order valence-electron chi connectivity index (χ1n) is 6.86. The predicted molar refractivity (Wildman–Crippen MR) is 74.1 cm³/mol. The van der Waals surface area contributed by atoms with Crippen LogP contribution >= 0.6 is 11.6 Å². The summed E-state index contributed by atoms with van der Waals surface area (Å²) in [5, 5.41) is 3.87. The third-order valence-electron chi connectivity index (χ3n) is 4.33. The van der Waals surface area contributed by atoms with Crippen LogP contribution in [0.5, 0.6) is 5.75 Å². The lowest BCUT2D eigenvalue weighted by molar-refractivity contribution is 0.138. The van der Waals surface area contributed by atoms with Crippen LogP contribution in [-0.4, -0.2) is 13.2 Å². The van der Waals surface area contributed by atoms with E-state index in [0.717, 1.165) is 29.2 Å². The van der Waals surface area contributed by atoms with E-state index in [4.69, 9.17) is 16.3 Å². The van der Waals surface area contributed by atoms with Crippen LogP contribution in [-0.2, 0) is 6.54 Å². The highest BCUT2D eigenvalue weighted by molar-refractivity contribution is 6.32. The van der Waals surface area contributed by atoms with Crippen molar-refractivity contribution in [3.63, 3.8) is 0 Å². The fourth-order valence-corrected chi connectivity index (χ4v) is 3.70. The number of halogens is 1. The number of hydrogen-bond acceptors (Lipinski definition) is 2. The van der Waals surface area contributed by atoms with Crippen molar-refractivity contribution in [1.82, 2.24) is 5.32 Å². The molecule has 2 aliphatic carbocycles. The maximum atomic E-state index is 6.29. The van der Waals surface area contributed by atoms with Crippen molar-refractivity contribution in [1.29, 1.82) is 0 Å². The Kier molecular flexibility index (Phi) is 3.49. The summed E-state index contributed by atoms with van der Waals surface area (Å²) in [4.78, 5) is 0. The van der Waals surface area contributed by atoms with Crippen LogP contribution in [0.25, 0.3) is 0 Å². The van der Waals surface area contributed by atoms with Crippen LogP contribution in [0.2, 0.25) is 5.02 Å². The highest BCUT2D eigenvalue weighted by atomic mass is 35.5. The average molecular weight is 266 g/mol. The van der Waals surface area contributed by atoms with Gasteiger partial charge in [0.15, 0.2) is 0 Å². The van der Waals surface area contributed by atoms with Gasteiger partial charge in [-0.3, -0.25) is 0 Å². The number of nitrogens with one attached hydrogen (secondary N) is 1. The Bertz CT molecular complexity index is 435. The van der Waals surface area contributed by atoms with E-state index in [9.17, 15) is 0 Å². The molecule has 2 aliphatic rings. The molecular formula is C15H20ClNO. The lowest BCUT2D eigenvalue weighted by Crippen LogP contribution is -2.23. The Morgan fingerprint density at radius 2 is 2.22 bits per heavy atom. The zero-order valence-corrected chi connectivity index (χ0v) is 11.5. The molecule has 2 nitrogen and oxygen atoms in total. The van der Waals surface area contributed by atoms with E-state index in [1.54, 1.807) is 0 Å². The van der Waals surface area contributed by atoms with Crippen LogP contribution in [0, 0.1) is 11.8 Å². The van der Waals surface area contributed by atoms with E-state index in [1.165, 1.54) is 31.2 Å². The molecule has 1 aromatic rings. The Morgan fingerprint density at radius 3 is 2.83 bits per heavy atom. The third-order valence-corrected chi connectivity index (χ3v) is 4.62. The van der Waals surface area contributed by atoms with E-state index in [0.29, 0.717) is 6.10 Å². The van der Waals surface area contributed by atoms with Gasteiger partial charge in [-0.25, -0.2) is 0 Å². The van der Waals surface area contributed by atoms with Crippen molar-refractivity contribution >= 4 is 11.6 Å². The third kappa shape index (κ3) is 2.36. The monoisotopic (exact) mass is 265 g/mol. The normalized spacial score (nSPS) is 29.8. The summed E-state index contributed by atoms with van der Waals surface area (Å²) in [6, 6.07) is 6.10. The van der Waals surface area contributed by atoms with Gasteiger partial charge in [0.25, 0.3) is 0 Å². The molecule has 0 spiro atoms. The van der Waals surface area contributed by atoms with Gasteiger partial charge < -0.3 is 10.1 Å². The number of benzene rings is 1. The molecule has 3 unspecified atom stereocenters. The molecule has 2 bridgehead atoms. The van der Waals surface area contributed by atoms with Gasteiger partial charge in [0.05, 0.1) is 5.02 Å². The Hall–Kier alpha value is -0.730. The van der Waals surface area contributed by atoms with Gasteiger partial charge in [-0.1, -0.05) is 17.7 Å². The molecule has 1 N–H and O–H groups in total. The van der Waals surface area contributed by atoms with Crippen molar-refractivity contribution in [3.8, 4) is 5.75 Å². The minimum Gasteiger partial charge on any atom is -0.489 e. The van der Waals surface area contributed by atoms with E-state index < -0.39 is 0 Å². The van der Waals surface area contributed by atoms with Crippen molar-refractivity contribution < 1.29 is 4.74 Å². The van der Waals surface area contributed by atoms with Crippen molar-refractivity contribution in [2.75, 3.05) is 7.05 Å². The van der Waals surface area contributed by atoms with Crippen molar-refractivity contribution in [2.45, 2.75) is 38.3 Å². The number of rotatable bonds is 4. The van der Waals surface area contributed by atoms with Crippen molar-refractivity contribution in [2.24, 2.45) is 11.8 Å². The Morgan fingerprint density at radius 1 is 1.33 bits per heavy atom. The average Bonchev–Trinajstić information content (AvgIpc) is 2.95. The maximum Gasteiger partial charge on any atom is 0.138 e. The first kappa shape index (κ1) is 12.3. The molecule has 0 amide bonds. The van der Waals surface area contributed by atoms with Crippen LogP contribution in [0.3, 0.4) is 0 Å². The van der Waals surface area contributed by atoms with Gasteiger partial charge in [-0.05, 0) is 62.3 Å². The van der Waals surface area contributed by atoms with Gasteiger partial charge >= 0.3 is 0 Å². The summed E-state index contributed by atoms with van der Waals surface area (Å²) in [7, 11) is 1.94. The van der Waals surface area contributed by atoms with Crippen LogP contribution < -0.4 is 10.1 Å². The molecule has 3 heteroatoms. The number of ether oxygens (including phenoxy) is 1. The zero-order valence-electron chi connectivity index (χ0n) is 10.8. The molecule has 0 aromatic heterocycles. The molecule has 2 fully saturated rings. The molecule has 98 valence electrons. The van der Waals surface area contributed by atoms with Gasteiger partial charge in [-0.2, -0.15) is 0 Å². The lowest BCUT2D eigenvalue weighted by Gasteiger charge is -2.23. The molecule has 0 heterocycles. The number of hydrogen-bond donors (Lipinski definition) is 1. The maximum absolute atomic E-state index is 6.29. The minimum absolute atomic E-state index is 0.399. The fraction of sp³-hybridized carbons (Fsp3) is 0.600. The van der Waals surface area contributed by atoms with Gasteiger partial charge in [0.2, 0.25) is 0 Å². The van der Waals surface area contributed by atoms with Gasteiger partial charge in [0.1, 0.15) is 11.9 Å². The minimum atomic E-state index is 0.399. The largest absolute Gasteiger partial charge is 0.489 e. The molecule has 0 aliphatic heterocycles. The predicted octanol–water partition coefficient (Wildman–Crippen LogP) is 3.63. The van der Waals surface area contributed by atoms with Gasteiger partial charge in [0, 0.05) is 6.54 Å². The topological polar surface area (TPSA) is 21.3 Å². The Labute approximate surface area is 114 Å². The van der Waals surface area contributed by atoms with E-state index in [-0.39, 0.29) is 0 Å². The second-order valence-electron chi connectivity index (χ2n) is 5.63. The van der Waals surface area contributed by atoms with Crippen LogP contribution in [0.4, 0.5) is 0 Å². The summed E-state index contributed by atoms with van der Waals surface area (Å²) in [6.45, 7) is 0.841. The molecule has 0 radical (unpaired) electrons. The summed E-state index contributed by atoms with van der Waals surface area (Å²) in [5.74, 6) is 2.53. The molecule has 3 atom stereocenters. The van der Waals surface area contributed by atoms with Crippen LogP contribution in [0.15, 0.2) is 18.2 Å². The first-order valence-corrected chi connectivity index (χ1v) is 7.23. The highest BCUT2D eigenvalue weighted by Gasteiger charge is 2.41. The second-order valence-corrected chi connectivity index (χ2v) is 6.03. The molecule has 1 aromatic carbocycles. The second kappa shape index (κ2) is 5.10. The Balaban J connectivity index is 1.69. The summed E-state index contributed by atoms with van der Waals surface area (Å²) in [6.07, 6.45) is 5.72. The molecule has 2 saturated carbocycles. The van der Waals surface area contributed by atoms with E-state index in [2.05, 4.69) is 11.4 Å². The molecule has 0 saturated heterocycles. The summed E-state index contributed by atoms with van der Waals surface area (Å²) in [5.41, 5.74) is 1.20. The van der Waals surface area contributed by atoms with E-state index >= 15 is 0 Å². The molecular weight excluding hydrogens is 246 g/mol. The molecule has 18 heavy (non-hydrogen) atoms. The van der Waals surface area contributed by atoms with Crippen molar-refractivity contribution in [3.05, 3.63) is 28.8 Å². The SMILES string of the molecule is CNCc1ccc(OC2CC3CCC2C3)c(Cl)c1. The molecule has 3 rings (SSSR count). The van der Waals surface area contributed by atoms with Gasteiger partial charge in [-0.15, -0.1) is 0 Å². The quantitative estimate of drug-likeness (QED) is 0.898. The summed E-state index contributed by atoms with van der Waals surface area (Å²) >= 11 is 6.29. The fourth-order valence-electron chi connectivity index (χ4n) is 3.45. The first-order chi connectivity index (χ1) is 8.76.